The van der Waals surface area contributed by atoms with E-state index in [1.807, 2.05) is 65.0 Å². The van der Waals surface area contributed by atoms with Gasteiger partial charge in [0.05, 0.1) is 48.4 Å². The molecule has 0 N–H and O–H groups in total. The molecule has 1 fully saturated rings. The number of carbonyl (C=O) groups is 1. The van der Waals surface area contributed by atoms with Crippen molar-refractivity contribution in [3.05, 3.63) is 105 Å². The second-order valence-corrected chi connectivity index (χ2v) is 11.8. The first kappa shape index (κ1) is 25.0. The summed E-state index contributed by atoms with van der Waals surface area (Å²) in [7, 11) is 0. The molecule has 4 heterocycles. The smallest absolute Gasteiger partial charge is 0.255 e. The average molecular weight is 612 g/mol. The van der Waals surface area contributed by atoms with E-state index in [9.17, 15) is 4.79 Å². The normalized spacial score (nSPS) is 15.6. The van der Waals surface area contributed by atoms with Crippen LogP contribution in [0.2, 0.25) is 0 Å². The van der Waals surface area contributed by atoms with Gasteiger partial charge in [0.15, 0.2) is 3.92 Å². The Bertz CT molecular complexity index is 1860. The fourth-order valence-corrected chi connectivity index (χ4v) is 6.29. The number of nitrogens with zero attached hydrogens (tertiary/aromatic N) is 6. The predicted molar refractivity (Wildman–Crippen MR) is 158 cm³/mol. The van der Waals surface area contributed by atoms with Gasteiger partial charge in [0.1, 0.15) is 11.7 Å². The summed E-state index contributed by atoms with van der Waals surface area (Å²) in [5, 5.41) is 13.8. The number of hydrogen-bond acceptors (Lipinski definition) is 7. The number of hydrogen-bond donors (Lipinski definition) is 0. The molecular formula is C30H23BrN6O2S. The summed E-state index contributed by atoms with van der Waals surface area (Å²) >= 11 is 4.93. The highest BCUT2D eigenvalue weighted by Crippen LogP contribution is 2.33. The van der Waals surface area contributed by atoms with Crippen molar-refractivity contribution >= 4 is 54.8 Å². The van der Waals surface area contributed by atoms with Gasteiger partial charge in [-0.05, 0) is 38.8 Å². The molecule has 1 amide bonds. The zero-order valence-electron chi connectivity index (χ0n) is 21.3. The molecule has 0 aliphatic carbocycles. The molecule has 0 saturated carbocycles. The summed E-state index contributed by atoms with van der Waals surface area (Å²) in [6, 6.07) is 23.8. The Labute approximate surface area is 242 Å². The highest BCUT2D eigenvalue weighted by atomic mass is 79.9. The Hall–Kier alpha value is -3.99. The zero-order valence-corrected chi connectivity index (χ0v) is 23.7. The summed E-state index contributed by atoms with van der Waals surface area (Å²) in [6.45, 7) is 1.77. The number of morpholine rings is 1. The van der Waals surface area contributed by atoms with Gasteiger partial charge in [0.25, 0.3) is 5.91 Å². The molecule has 10 heteroatoms. The van der Waals surface area contributed by atoms with Crippen LogP contribution in [0.1, 0.15) is 27.8 Å². The summed E-state index contributed by atoms with van der Waals surface area (Å²) < 4.78 is 8.38. The lowest BCUT2D eigenvalue weighted by molar-refractivity contribution is -0.00382. The maximum absolute atomic E-state index is 14.3. The first-order chi connectivity index (χ1) is 19.6. The third kappa shape index (κ3) is 4.68. The Morgan fingerprint density at radius 2 is 1.85 bits per heavy atom. The fraction of sp³-hybridized carbons (Fsp3) is 0.167. The fourth-order valence-electron chi connectivity index (χ4n) is 5.25. The number of fused-ring (bicyclic) bond motifs is 2. The second-order valence-electron chi connectivity index (χ2n) is 9.62. The van der Waals surface area contributed by atoms with Gasteiger partial charge < -0.3 is 9.64 Å². The number of aromatic nitrogens is 5. The molecule has 1 aliphatic rings. The molecule has 0 bridgehead atoms. The molecular weight excluding hydrogens is 588 g/mol. The van der Waals surface area contributed by atoms with Crippen LogP contribution in [0.3, 0.4) is 0 Å². The average Bonchev–Trinajstić information content (AvgIpc) is 3.64. The predicted octanol–water partition coefficient (Wildman–Crippen LogP) is 6.13. The highest BCUT2D eigenvalue weighted by Gasteiger charge is 2.32. The minimum atomic E-state index is -0.356. The van der Waals surface area contributed by atoms with Crippen LogP contribution in [0.5, 0.6) is 0 Å². The lowest BCUT2D eigenvalue weighted by atomic mass is 9.98. The summed E-state index contributed by atoms with van der Waals surface area (Å²) in [5.74, 6) is -0.0774. The number of para-hydroxylation sites is 1. The topological polar surface area (TPSA) is 86.0 Å². The van der Waals surface area contributed by atoms with Crippen molar-refractivity contribution in [2.24, 2.45) is 0 Å². The Kier molecular flexibility index (Phi) is 6.58. The van der Waals surface area contributed by atoms with E-state index < -0.39 is 0 Å². The molecule has 1 saturated heterocycles. The molecule has 7 rings (SSSR count). The standard InChI is InChI=1S/C30H23BrN6O2S/c31-30-32-20(18-40-30)15-36-16-27(34-35-36)28-17-39-13-12-37(28)29(38)24-14-26(33-25-11-4-3-9-23(24)25)22-10-5-7-19-6-1-2-8-21(19)22/h1-11,14,16,18,28H,12-13,15,17H2. The van der Waals surface area contributed by atoms with Gasteiger partial charge in [0.2, 0.25) is 0 Å². The minimum Gasteiger partial charge on any atom is -0.377 e. The van der Waals surface area contributed by atoms with Gasteiger partial charge in [-0.15, -0.1) is 16.4 Å². The van der Waals surface area contributed by atoms with Crippen LogP contribution in [-0.4, -0.2) is 55.5 Å². The minimum absolute atomic E-state index is 0.0774. The van der Waals surface area contributed by atoms with Crippen molar-refractivity contribution in [2.75, 3.05) is 19.8 Å². The molecule has 8 nitrogen and oxygen atoms in total. The van der Waals surface area contributed by atoms with Crippen molar-refractivity contribution < 1.29 is 9.53 Å². The second kappa shape index (κ2) is 10.5. The lowest BCUT2D eigenvalue weighted by Crippen LogP contribution is -2.43. The number of halogens is 1. The number of ether oxygens (including phenoxy) is 1. The van der Waals surface area contributed by atoms with Gasteiger partial charge in [-0.25, -0.2) is 14.6 Å². The van der Waals surface area contributed by atoms with E-state index in [1.165, 1.54) is 11.3 Å². The first-order valence-corrected chi connectivity index (χ1v) is 14.6. The number of amides is 1. The van der Waals surface area contributed by atoms with E-state index >= 15 is 0 Å². The van der Waals surface area contributed by atoms with Crippen LogP contribution in [0.4, 0.5) is 0 Å². The van der Waals surface area contributed by atoms with E-state index in [1.54, 1.807) is 4.68 Å². The van der Waals surface area contributed by atoms with Crippen molar-refractivity contribution in [3.8, 4) is 11.3 Å². The molecule has 40 heavy (non-hydrogen) atoms. The van der Waals surface area contributed by atoms with E-state index in [0.717, 1.165) is 42.5 Å². The molecule has 0 spiro atoms. The SMILES string of the molecule is O=C(c1cc(-c2cccc3ccccc23)nc2ccccc12)N1CCOCC1c1cn(Cc2csc(Br)n2)nn1. The molecule has 6 aromatic rings. The molecule has 1 atom stereocenters. The third-order valence-electron chi connectivity index (χ3n) is 7.15. The Morgan fingerprint density at radius 3 is 2.73 bits per heavy atom. The number of carbonyl (C=O) groups excluding carboxylic acids is 1. The summed E-state index contributed by atoms with van der Waals surface area (Å²) in [6.07, 6.45) is 1.87. The van der Waals surface area contributed by atoms with Gasteiger partial charge in [-0.2, -0.15) is 0 Å². The molecule has 3 aromatic heterocycles. The van der Waals surface area contributed by atoms with E-state index in [0.29, 0.717) is 37.6 Å². The van der Waals surface area contributed by atoms with E-state index in [4.69, 9.17) is 9.72 Å². The molecule has 0 radical (unpaired) electrons. The Morgan fingerprint density at radius 1 is 1.02 bits per heavy atom. The van der Waals surface area contributed by atoms with Crippen LogP contribution in [0, 0.1) is 0 Å². The van der Waals surface area contributed by atoms with Crippen molar-refractivity contribution in [3.63, 3.8) is 0 Å². The van der Waals surface area contributed by atoms with E-state index in [-0.39, 0.29) is 11.9 Å². The quantitative estimate of drug-likeness (QED) is 0.233. The molecule has 1 unspecified atom stereocenters. The zero-order chi connectivity index (χ0) is 27.1. The van der Waals surface area contributed by atoms with Gasteiger partial charge in [-0.1, -0.05) is 65.9 Å². The van der Waals surface area contributed by atoms with Gasteiger partial charge in [0, 0.05) is 22.9 Å². The number of rotatable bonds is 5. The van der Waals surface area contributed by atoms with Gasteiger partial charge in [-0.3, -0.25) is 4.79 Å². The van der Waals surface area contributed by atoms with Crippen molar-refractivity contribution in [1.29, 1.82) is 0 Å². The third-order valence-corrected chi connectivity index (χ3v) is 8.56. The number of benzene rings is 3. The van der Waals surface area contributed by atoms with Crippen LogP contribution in [0.15, 0.2) is 88.3 Å². The van der Waals surface area contributed by atoms with Crippen molar-refractivity contribution in [1.82, 2.24) is 29.9 Å². The summed E-state index contributed by atoms with van der Waals surface area (Å²) in [5.41, 5.74) is 4.74. The van der Waals surface area contributed by atoms with Crippen LogP contribution >= 0.6 is 27.3 Å². The summed E-state index contributed by atoms with van der Waals surface area (Å²) in [4.78, 5) is 25.6. The largest absolute Gasteiger partial charge is 0.377 e. The molecule has 1 aliphatic heterocycles. The maximum atomic E-state index is 14.3. The number of pyridine rings is 1. The maximum Gasteiger partial charge on any atom is 0.255 e. The van der Waals surface area contributed by atoms with Crippen molar-refractivity contribution in [2.45, 2.75) is 12.6 Å². The van der Waals surface area contributed by atoms with E-state index in [2.05, 4.69) is 55.5 Å². The first-order valence-electron chi connectivity index (χ1n) is 12.9. The lowest BCUT2D eigenvalue weighted by Gasteiger charge is -2.34. The molecule has 198 valence electrons. The number of thiazole rings is 1. The highest BCUT2D eigenvalue weighted by molar-refractivity contribution is 9.11. The Balaban J connectivity index is 1.27. The van der Waals surface area contributed by atoms with Crippen LogP contribution in [0.25, 0.3) is 32.9 Å². The monoisotopic (exact) mass is 610 g/mol. The van der Waals surface area contributed by atoms with Crippen LogP contribution < -0.4 is 0 Å². The molecule has 3 aromatic carbocycles. The van der Waals surface area contributed by atoms with Gasteiger partial charge >= 0.3 is 0 Å². The van der Waals surface area contributed by atoms with Crippen LogP contribution in [-0.2, 0) is 11.3 Å².